The van der Waals surface area contributed by atoms with Crippen LogP contribution in [0, 0.1) is 0 Å². The Hall–Kier alpha value is -1.75. The van der Waals surface area contributed by atoms with Gasteiger partial charge in [-0.1, -0.05) is 16.0 Å². The Kier molecular flexibility index (Phi) is 11.7. The predicted molar refractivity (Wildman–Crippen MR) is 105 cm³/mol. The first-order valence-electron chi connectivity index (χ1n) is 9.23. The molecule has 1 rings (SSSR count). The molecule has 1 atom stereocenters. The van der Waals surface area contributed by atoms with E-state index in [9.17, 15) is 17.1 Å². The highest BCUT2D eigenvalue weighted by molar-refractivity contribution is 7.81. The molecule has 28 heavy (non-hydrogen) atoms. The van der Waals surface area contributed by atoms with Gasteiger partial charge in [-0.3, -0.25) is 4.79 Å². The van der Waals surface area contributed by atoms with Gasteiger partial charge in [0.1, 0.15) is 5.75 Å². The molecule has 0 aliphatic carbocycles. The number of carbonyl (C=O) groups excluding carboxylic acids is 1. The van der Waals surface area contributed by atoms with Gasteiger partial charge in [-0.25, -0.2) is 0 Å². The van der Waals surface area contributed by atoms with Gasteiger partial charge in [0.25, 0.3) is 0 Å². The molecule has 10 heteroatoms. The van der Waals surface area contributed by atoms with Gasteiger partial charge in [0.15, 0.2) is 0 Å². The van der Waals surface area contributed by atoms with Crippen LogP contribution in [0.1, 0.15) is 24.8 Å². The lowest BCUT2D eigenvalue weighted by Gasteiger charge is -2.19. The van der Waals surface area contributed by atoms with Crippen molar-refractivity contribution in [2.45, 2.75) is 31.7 Å². The fourth-order valence-electron chi connectivity index (χ4n) is 2.54. The maximum atomic E-state index is 12.6. The molecule has 1 amide bonds. The lowest BCUT2D eigenvalue weighted by molar-refractivity contribution is -0.123. The number of hydrogen-bond donors (Lipinski definition) is 3. The van der Waals surface area contributed by atoms with Crippen LogP contribution in [-0.4, -0.2) is 60.8 Å². The Morgan fingerprint density at radius 3 is 2.39 bits per heavy atom. The van der Waals surface area contributed by atoms with Crippen molar-refractivity contribution in [2.24, 2.45) is 0 Å². The third-order valence-electron chi connectivity index (χ3n) is 3.94. The fourth-order valence-corrected chi connectivity index (χ4v) is 2.88. The number of unbranched alkanes of at least 4 members (excludes halogenated alkanes) is 1. The van der Waals surface area contributed by atoms with Gasteiger partial charge in [-0.15, -0.1) is 0 Å². The minimum absolute atomic E-state index is 0.103. The van der Waals surface area contributed by atoms with E-state index in [4.69, 9.17) is 4.74 Å². The quantitative estimate of drug-likeness (QED) is 0.287. The second-order valence-electron chi connectivity index (χ2n) is 6.28. The summed E-state index contributed by atoms with van der Waals surface area (Å²) < 4.78 is 42.8. The highest BCUT2D eigenvalue weighted by Gasteiger charge is 2.18. The summed E-state index contributed by atoms with van der Waals surface area (Å²) >= 11 is 0. The SMILES string of the molecule is CNCCCCNC(=O)[C@H](Cc1ccc(OS(=O)(=O)F)cc1)NCCCOC. The van der Waals surface area contributed by atoms with Gasteiger partial charge >= 0.3 is 10.5 Å². The number of nitrogens with one attached hydrogen (secondary N) is 3. The maximum Gasteiger partial charge on any atom is 0.488 e. The van der Waals surface area contributed by atoms with Crippen molar-refractivity contribution in [1.82, 2.24) is 16.0 Å². The normalized spacial score (nSPS) is 12.5. The average molecular weight is 420 g/mol. The molecular formula is C18H30FN3O5S. The minimum Gasteiger partial charge on any atom is -0.385 e. The molecule has 0 saturated heterocycles. The molecule has 0 radical (unpaired) electrons. The molecule has 0 aromatic heterocycles. The van der Waals surface area contributed by atoms with Crippen LogP contribution in [0.25, 0.3) is 0 Å². The van der Waals surface area contributed by atoms with Gasteiger partial charge in [-0.05, 0) is 63.5 Å². The van der Waals surface area contributed by atoms with Gasteiger partial charge in [0.05, 0.1) is 6.04 Å². The second-order valence-corrected chi connectivity index (χ2v) is 7.23. The maximum absolute atomic E-state index is 12.6. The van der Waals surface area contributed by atoms with E-state index in [0.29, 0.717) is 26.1 Å². The number of carbonyl (C=O) groups is 1. The lowest BCUT2D eigenvalue weighted by atomic mass is 10.0. The zero-order valence-corrected chi connectivity index (χ0v) is 17.2. The van der Waals surface area contributed by atoms with Crippen LogP contribution in [0.5, 0.6) is 5.75 Å². The lowest BCUT2D eigenvalue weighted by Crippen LogP contribution is -2.46. The topological polar surface area (TPSA) is 106 Å². The van der Waals surface area contributed by atoms with Crippen LogP contribution in [0.4, 0.5) is 3.89 Å². The van der Waals surface area contributed by atoms with E-state index in [2.05, 4.69) is 20.1 Å². The van der Waals surface area contributed by atoms with Gasteiger partial charge < -0.3 is 24.9 Å². The number of methoxy groups -OCH3 is 1. The molecule has 0 saturated carbocycles. The van der Waals surface area contributed by atoms with Crippen LogP contribution >= 0.6 is 0 Å². The summed E-state index contributed by atoms with van der Waals surface area (Å²) in [6, 6.07) is 5.46. The Balaban J connectivity index is 2.63. The Bertz CT molecular complexity index is 670. The summed E-state index contributed by atoms with van der Waals surface area (Å²) in [5.41, 5.74) is 0.790. The smallest absolute Gasteiger partial charge is 0.385 e. The molecule has 0 aliphatic rings. The summed E-state index contributed by atoms with van der Waals surface area (Å²) in [6.07, 6.45) is 3.02. The predicted octanol–water partition coefficient (Wildman–Crippen LogP) is 0.933. The van der Waals surface area contributed by atoms with Gasteiger partial charge in [-0.2, -0.15) is 8.42 Å². The van der Waals surface area contributed by atoms with E-state index in [1.807, 2.05) is 7.05 Å². The number of rotatable bonds is 15. The van der Waals surface area contributed by atoms with Crippen molar-refractivity contribution in [3.05, 3.63) is 29.8 Å². The fraction of sp³-hybridized carbons (Fsp3) is 0.611. The number of halogens is 1. The van der Waals surface area contributed by atoms with E-state index in [-0.39, 0.29) is 11.7 Å². The van der Waals surface area contributed by atoms with Crippen molar-refractivity contribution in [1.29, 1.82) is 0 Å². The molecule has 0 heterocycles. The highest BCUT2D eigenvalue weighted by atomic mass is 32.3. The van der Waals surface area contributed by atoms with Gasteiger partial charge in [0.2, 0.25) is 5.91 Å². The standard InChI is InChI=1S/C18H30FN3O5S/c1-20-10-3-4-11-22-18(23)17(21-12-5-13-26-2)14-15-6-8-16(9-7-15)27-28(19,24)25/h6-9,17,20-21H,3-5,10-14H2,1-2H3,(H,22,23)/t17-/m0/s1. The molecule has 8 nitrogen and oxygen atoms in total. The summed E-state index contributed by atoms with van der Waals surface area (Å²) in [5.74, 6) is -0.224. The van der Waals surface area contributed by atoms with E-state index in [1.165, 1.54) is 12.1 Å². The first kappa shape index (κ1) is 24.3. The average Bonchev–Trinajstić information content (AvgIpc) is 2.64. The highest BCUT2D eigenvalue weighted by Crippen LogP contribution is 2.16. The Labute approximate surface area is 166 Å². The van der Waals surface area contributed by atoms with Crippen LogP contribution < -0.4 is 20.1 Å². The second kappa shape index (κ2) is 13.4. The monoisotopic (exact) mass is 419 g/mol. The number of benzene rings is 1. The van der Waals surface area contributed by atoms with Crippen molar-refractivity contribution >= 4 is 16.4 Å². The molecule has 0 fully saturated rings. The number of amides is 1. The molecule has 3 N–H and O–H groups in total. The van der Waals surface area contributed by atoms with E-state index in [0.717, 1.165) is 31.4 Å². The van der Waals surface area contributed by atoms with Crippen LogP contribution in [0.3, 0.4) is 0 Å². The van der Waals surface area contributed by atoms with E-state index >= 15 is 0 Å². The summed E-state index contributed by atoms with van der Waals surface area (Å²) in [7, 11) is -1.55. The molecule has 0 aliphatic heterocycles. The molecule has 0 unspecified atom stereocenters. The van der Waals surface area contributed by atoms with Crippen LogP contribution in [0.2, 0.25) is 0 Å². The molecule has 1 aromatic rings. The van der Waals surface area contributed by atoms with Gasteiger partial charge in [0, 0.05) is 20.3 Å². The molecule has 0 bridgehead atoms. The molecular weight excluding hydrogens is 389 g/mol. The van der Waals surface area contributed by atoms with E-state index in [1.54, 1.807) is 19.2 Å². The van der Waals surface area contributed by atoms with Crippen LogP contribution in [0.15, 0.2) is 24.3 Å². The summed E-state index contributed by atoms with van der Waals surface area (Å²) in [5, 5.41) is 9.21. The van der Waals surface area contributed by atoms with Crippen molar-refractivity contribution in [2.75, 3.05) is 40.4 Å². The first-order valence-corrected chi connectivity index (χ1v) is 10.5. The number of ether oxygens (including phenoxy) is 1. The Morgan fingerprint density at radius 2 is 1.79 bits per heavy atom. The zero-order chi connectivity index (χ0) is 20.8. The first-order chi connectivity index (χ1) is 13.4. The van der Waals surface area contributed by atoms with Crippen molar-refractivity contribution < 1.29 is 26.0 Å². The van der Waals surface area contributed by atoms with Crippen molar-refractivity contribution in [3.8, 4) is 5.75 Å². The Morgan fingerprint density at radius 1 is 1.11 bits per heavy atom. The third-order valence-corrected chi connectivity index (χ3v) is 4.34. The largest absolute Gasteiger partial charge is 0.488 e. The summed E-state index contributed by atoms with van der Waals surface area (Å²) in [4.78, 5) is 12.5. The van der Waals surface area contributed by atoms with E-state index < -0.39 is 16.5 Å². The number of hydrogen-bond acceptors (Lipinski definition) is 7. The summed E-state index contributed by atoms with van der Waals surface area (Å²) in [6.45, 7) is 2.71. The minimum atomic E-state index is -5.05. The zero-order valence-electron chi connectivity index (χ0n) is 16.4. The van der Waals surface area contributed by atoms with Crippen LogP contribution in [-0.2, 0) is 26.5 Å². The molecule has 0 spiro atoms. The molecule has 1 aromatic carbocycles. The molecule has 160 valence electrons. The third kappa shape index (κ3) is 11.2. The van der Waals surface area contributed by atoms with Crippen molar-refractivity contribution in [3.63, 3.8) is 0 Å².